The highest BCUT2D eigenvalue weighted by Crippen LogP contribution is 2.36. The third-order valence-corrected chi connectivity index (χ3v) is 3.89. The van der Waals surface area contributed by atoms with Crippen molar-refractivity contribution < 1.29 is 9.53 Å². The number of Topliss-reactive ketones (excluding diaryl/α,β-unsaturated/α-hetero) is 1. The minimum Gasteiger partial charge on any atom is -0.367 e. The molecule has 0 bridgehead atoms. The molecule has 17 heavy (non-hydrogen) atoms. The molecule has 0 amide bonds. The Morgan fingerprint density at radius 3 is 2.53 bits per heavy atom. The van der Waals surface area contributed by atoms with Crippen molar-refractivity contribution in [3.63, 3.8) is 0 Å². The van der Waals surface area contributed by atoms with Crippen LogP contribution in [0, 0.1) is 11.3 Å². The third-order valence-electron chi connectivity index (χ3n) is 3.89. The monoisotopic (exact) mass is 236 g/mol. The number of carbonyl (C=O) groups is 1. The zero-order valence-corrected chi connectivity index (χ0v) is 11.5. The second-order valence-corrected chi connectivity index (χ2v) is 5.79. The Bertz CT molecular complexity index is 330. The van der Waals surface area contributed by atoms with E-state index in [4.69, 9.17) is 4.74 Å². The molecule has 0 aliphatic carbocycles. The quantitative estimate of drug-likeness (QED) is 0.683. The molecule has 0 N–H and O–H groups in total. The van der Waals surface area contributed by atoms with Gasteiger partial charge in [0.05, 0.1) is 11.7 Å². The minimum absolute atomic E-state index is 0.00437. The van der Waals surface area contributed by atoms with Crippen molar-refractivity contribution in [1.82, 2.24) is 0 Å². The van der Waals surface area contributed by atoms with Crippen molar-refractivity contribution >= 4 is 5.78 Å². The molecule has 0 spiro atoms. The third kappa shape index (κ3) is 2.86. The van der Waals surface area contributed by atoms with Crippen LogP contribution in [0.2, 0.25) is 0 Å². The summed E-state index contributed by atoms with van der Waals surface area (Å²) in [6.45, 7) is 15.3. The van der Waals surface area contributed by atoms with Crippen LogP contribution in [0.25, 0.3) is 0 Å². The van der Waals surface area contributed by atoms with Crippen molar-refractivity contribution in [3.05, 3.63) is 25.3 Å². The predicted molar refractivity (Wildman–Crippen MR) is 70.9 cm³/mol. The number of ether oxygens (including phenoxy) is 1. The zero-order chi connectivity index (χ0) is 13.3. The fraction of sp³-hybridized carbons (Fsp3) is 0.667. The molecule has 1 aliphatic rings. The lowest BCUT2D eigenvalue weighted by Crippen LogP contribution is -2.36. The van der Waals surface area contributed by atoms with Crippen LogP contribution in [-0.2, 0) is 9.53 Å². The van der Waals surface area contributed by atoms with E-state index < -0.39 is 5.41 Å². The van der Waals surface area contributed by atoms with E-state index in [1.54, 1.807) is 6.08 Å². The molecule has 1 rings (SSSR count). The fourth-order valence-electron chi connectivity index (χ4n) is 2.25. The molecule has 3 atom stereocenters. The molecule has 1 aliphatic heterocycles. The lowest BCUT2D eigenvalue weighted by Gasteiger charge is -2.28. The van der Waals surface area contributed by atoms with Crippen molar-refractivity contribution in [1.29, 1.82) is 0 Å². The first kappa shape index (κ1) is 14.2. The topological polar surface area (TPSA) is 26.3 Å². The van der Waals surface area contributed by atoms with Crippen LogP contribution in [0.4, 0.5) is 0 Å². The number of ketones is 1. The van der Waals surface area contributed by atoms with Gasteiger partial charge in [-0.3, -0.25) is 4.79 Å². The number of hydrogen-bond acceptors (Lipinski definition) is 2. The highest BCUT2D eigenvalue weighted by Gasteiger charge is 2.41. The van der Waals surface area contributed by atoms with Gasteiger partial charge in [-0.25, -0.2) is 0 Å². The Balaban J connectivity index is 2.73. The van der Waals surface area contributed by atoms with Gasteiger partial charge in [0.2, 0.25) is 0 Å². The number of hydrogen-bond donors (Lipinski definition) is 0. The van der Waals surface area contributed by atoms with Gasteiger partial charge < -0.3 is 4.74 Å². The summed E-state index contributed by atoms with van der Waals surface area (Å²) in [6, 6.07) is 0. The van der Waals surface area contributed by atoms with Crippen molar-refractivity contribution in [2.75, 3.05) is 0 Å². The van der Waals surface area contributed by atoms with Crippen LogP contribution in [0.15, 0.2) is 25.3 Å². The van der Waals surface area contributed by atoms with Gasteiger partial charge in [-0.05, 0) is 33.6 Å². The van der Waals surface area contributed by atoms with Gasteiger partial charge in [0, 0.05) is 11.3 Å². The molecular weight excluding hydrogens is 212 g/mol. The number of allylic oxidation sites excluding steroid dienone is 1. The summed E-state index contributed by atoms with van der Waals surface area (Å²) in [4.78, 5) is 12.3. The first-order chi connectivity index (χ1) is 7.75. The van der Waals surface area contributed by atoms with E-state index >= 15 is 0 Å². The molecule has 96 valence electrons. The van der Waals surface area contributed by atoms with E-state index in [0.717, 1.165) is 12.8 Å². The van der Waals surface area contributed by atoms with Crippen LogP contribution in [0.1, 0.15) is 40.5 Å². The van der Waals surface area contributed by atoms with Gasteiger partial charge in [-0.1, -0.05) is 19.1 Å². The Hall–Kier alpha value is -0.890. The smallest absolute Gasteiger partial charge is 0.147 e. The molecule has 2 nitrogen and oxygen atoms in total. The SMILES string of the molecule is C=CC(C)(C)C(=O)[C@@H](C)C1CC[C@](C)(C=C)O1. The first-order valence-electron chi connectivity index (χ1n) is 6.25. The average molecular weight is 236 g/mol. The maximum atomic E-state index is 12.3. The van der Waals surface area contributed by atoms with Crippen LogP contribution in [0.3, 0.4) is 0 Å². The van der Waals surface area contributed by atoms with Gasteiger partial charge in [0.1, 0.15) is 5.78 Å². The van der Waals surface area contributed by atoms with E-state index in [9.17, 15) is 4.79 Å². The van der Waals surface area contributed by atoms with Crippen molar-refractivity contribution in [2.45, 2.75) is 52.2 Å². The normalized spacial score (nSPS) is 30.9. The summed E-state index contributed by atoms with van der Waals surface area (Å²) in [5.74, 6) is 0.107. The number of carbonyl (C=O) groups excluding carboxylic acids is 1. The van der Waals surface area contributed by atoms with Crippen molar-refractivity contribution in [3.8, 4) is 0 Å². The maximum Gasteiger partial charge on any atom is 0.147 e. The maximum absolute atomic E-state index is 12.3. The van der Waals surface area contributed by atoms with Crippen LogP contribution >= 0.6 is 0 Å². The van der Waals surface area contributed by atoms with E-state index in [0.29, 0.717) is 0 Å². The van der Waals surface area contributed by atoms with Crippen LogP contribution < -0.4 is 0 Å². The van der Waals surface area contributed by atoms with Gasteiger partial charge in [0.25, 0.3) is 0 Å². The Labute approximate surface area is 105 Å². The molecule has 1 fully saturated rings. The minimum atomic E-state index is -0.476. The molecule has 0 aromatic heterocycles. The van der Waals surface area contributed by atoms with Gasteiger partial charge in [-0.2, -0.15) is 0 Å². The van der Waals surface area contributed by atoms with E-state index in [-0.39, 0.29) is 23.4 Å². The fourth-order valence-corrected chi connectivity index (χ4v) is 2.25. The highest BCUT2D eigenvalue weighted by atomic mass is 16.5. The summed E-state index contributed by atoms with van der Waals surface area (Å²) < 4.78 is 5.95. The van der Waals surface area contributed by atoms with E-state index in [1.165, 1.54) is 0 Å². The molecule has 0 aromatic rings. The Morgan fingerprint density at radius 1 is 1.53 bits per heavy atom. The molecule has 0 aromatic carbocycles. The zero-order valence-electron chi connectivity index (χ0n) is 11.5. The molecule has 1 heterocycles. The second-order valence-electron chi connectivity index (χ2n) is 5.79. The molecule has 1 unspecified atom stereocenters. The Kier molecular flexibility index (Phi) is 3.98. The lowest BCUT2D eigenvalue weighted by atomic mass is 9.79. The summed E-state index contributed by atoms with van der Waals surface area (Å²) in [5.41, 5.74) is -0.743. The average Bonchev–Trinajstić information content (AvgIpc) is 2.70. The van der Waals surface area contributed by atoms with Crippen LogP contribution in [0.5, 0.6) is 0 Å². The largest absolute Gasteiger partial charge is 0.367 e. The van der Waals surface area contributed by atoms with Crippen molar-refractivity contribution in [2.24, 2.45) is 11.3 Å². The molecule has 0 saturated carbocycles. The highest BCUT2D eigenvalue weighted by molar-refractivity contribution is 5.88. The standard InChI is InChI=1S/C15H24O2/c1-7-14(4,5)13(16)11(3)12-9-10-15(6,8-2)17-12/h7-8,11-12H,1-2,9-10H2,3-6H3/t11-,12?,15-/m0/s1. The molecular formula is C15H24O2. The van der Waals surface area contributed by atoms with Crippen LogP contribution in [-0.4, -0.2) is 17.5 Å². The van der Waals surface area contributed by atoms with E-state index in [1.807, 2.05) is 33.8 Å². The summed E-state index contributed by atoms with van der Waals surface area (Å²) in [7, 11) is 0. The lowest BCUT2D eigenvalue weighted by molar-refractivity contribution is -0.134. The summed E-state index contributed by atoms with van der Waals surface area (Å²) >= 11 is 0. The molecule has 0 radical (unpaired) electrons. The summed E-state index contributed by atoms with van der Waals surface area (Å²) in [6.07, 6.45) is 5.41. The molecule has 1 saturated heterocycles. The molecule has 2 heteroatoms. The van der Waals surface area contributed by atoms with E-state index in [2.05, 4.69) is 13.2 Å². The predicted octanol–water partition coefficient (Wildman–Crippen LogP) is 3.53. The van der Waals surface area contributed by atoms with Gasteiger partial charge in [0.15, 0.2) is 0 Å². The first-order valence-corrected chi connectivity index (χ1v) is 6.25. The summed E-state index contributed by atoms with van der Waals surface area (Å²) in [5, 5.41) is 0. The second kappa shape index (κ2) is 4.77. The van der Waals surface area contributed by atoms with Gasteiger partial charge in [-0.15, -0.1) is 13.2 Å². The number of rotatable bonds is 5. The van der Waals surface area contributed by atoms with Gasteiger partial charge >= 0.3 is 0 Å². The Morgan fingerprint density at radius 2 is 2.12 bits per heavy atom.